The van der Waals surface area contributed by atoms with Gasteiger partial charge in [-0.3, -0.25) is 0 Å². The highest BCUT2D eigenvalue weighted by atomic mass is 35.5. The molecule has 0 aromatic carbocycles. The van der Waals surface area contributed by atoms with Crippen molar-refractivity contribution in [2.45, 2.75) is 6.92 Å². The number of hydrogen-bond acceptors (Lipinski definition) is 3. The molecule has 0 atom stereocenters. The molecular formula is C8H7ClN2O. The summed E-state index contributed by atoms with van der Waals surface area (Å²) in [5.41, 5.74) is 0.404. The molecule has 1 aromatic heterocycles. The molecule has 62 valence electrons. The topological polar surface area (TPSA) is 45.9 Å². The zero-order chi connectivity index (χ0) is 8.97. The minimum atomic E-state index is 0.299. The van der Waals surface area contributed by atoms with Crippen molar-refractivity contribution in [2.75, 3.05) is 6.61 Å². The quantitative estimate of drug-likeness (QED) is 0.658. The third-order valence-electron chi connectivity index (χ3n) is 1.23. The predicted molar refractivity (Wildman–Crippen MR) is 45.1 cm³/mol. The second-order valence-electron chi connectivity index (χ2n) is 2.03. The molecule has 0 fully saturated rings. The van der Waals surface area contributed by atoms with Crippen LogP contribution in [0, 0.1) is 11.3 Å². The fourth-order valence-corrected chi connectivity index (χ4v) is 0.889. The number of ether oxygens (including phenoxy) is 1. The predicted octanol–water partition coefficient (Wildman–Crippen LogP) is 2.01. The van der Waals surface area contributed by atoms with Crippen molar-refractivity contribution in [3.05, 3.63) is 22.8 Å². The minimum absolute atomic E-state index is 0.299. The molecular weight excluding hydrogens is 176 g/mol. The number of hydrogen-bond donors (Lipinski definition) is 0. The van der Waals surface area contributed by atoms with Gasteiger partial charge in [-0.1, -0.05) is 11.6 Å². The molecule has 12 heavy (non-hydrogen) atoms. The Morgan fingerprint density at radius 1 is 1.67 bits per heavy atom. The zero-order valence-electron chi connectivity index (χ0n) is 6.54. The lowest BCUT2D eigenvalue weighted by Crippen LogP contribution is -1.97. The molecule has 0 spiro atoms. The molecule has 0 N–H and O–H groups in total. The molecule has 1 rings (SSSR count). The first-order chi connectivity index (χ1) is 5.77. The summed E-state index contributed by atoms with van der Waals surface area (Å²) in [6, 6.07) is 5.10. The first kappa shape index (κ1) is 8.82. The second-order valence-corrected chi connectivity index (χ2v) is 2.42. The van der Waals surface area contributed by atoms with Gasteiger partial charge in [0.2, 0.25) is 5.88 Å². The van der Waals surface area contributed by atoms with Crippen LogP contribution in [-0.4, -0.2) is 11.6 Å². The Bertz CT molecular complexity index is 319. The number of rotatable bonds is 2. The van der Waals surface area contributed by atoms with Crippen LogP contribution in [0.4, 0.5) is 0 Å². The molecule has 1 aromatic rings. The second kappa shape index (κ2) is 3.93. The monoisotopic (exact) mass is 182 g/mol. The van der Waals surface area contributed by atoms with E-state index in [0.717, 1.165) is 0 Å². The Balaban J connectivity index is 3.06. The summed E-state index contributed by atoms with van der Waals surface area (Å²) >= 11 is 5.61. The lowest BCUT2D eigenvalue weighted by Gasteiger charge is -2.02. The molecule has 0 aliphatic heterocycles. The molecule has 0 aliphatic rings. The summed E-state index contributed by atoms with van der Waals surface area (Å²) in [4.78, 5) is 3.85. The van der Waals surface area contributed by atoms with Crippen LogP contribution in [0.2, 0.25) is 5.15 Å². The summed E-state index contributed by atoms with van der Waals surface area (Å²) in [6.07, 6.45) is 0. The van der Waals surface area contributed by atoms with Crippen LogP contribution in [0.3, 0.4) is 0 Å². The van der Waals surface area contributed by atoms with E-state index in [-0.39, 0.29) is 0 Å². The van der Waals surface area contributed by atoms with Crippen molar-refractivity contribution in [3.8, 4) is 11.9 Å². The average Bonchev–Trinajstić information content (AvgIpc) is 2.05. The van der Waals surface area contributed by atoms with Crippen LogP contribution in [-0.2, 0) is 0 Å². The molecule has 1 heterocycles. The fraction of sp³-hybridized carbons (Fsp3) is 0.250. The summed E-state index contributed by atoms with van der Waals surface area (Å²) in [6.45, 7) is 2.30. The van der Waals surface area contributed by atoms with E-state index in [2.05, 4.69) is 4.98 Å². The summed E-state index contributed by atoms with van der Waals surface area (Å²) < 4.78 is 5.09. The van der Waals surface area contributed by atoms with Crippen molar-refractivity contribution >= 4 is 11.6 Å². The summed E-state index contributed by atoms with van der Waals surface area (Å²) in [5, 5.41) is 8.95. The van der Waals surface area contributed by atoms with E-state index in [1.54, 1.807) is 12.1 Å². The van der Waals surface area contributed by atoms with Crippen LogP contribution in [0.25, 0.3) is 0 Å². The standard InChI is InChI=1S/C8H7ClN2O/c1-2-12-8-6(5-10)3-4-7(9)11-8/h3-4H,2H2,1H3. The highest BCUT2D eigenvalue weighted by Crippen LogP contribution is 2.17. The normalized spacial score (nSPS) is 9.08. The van der Waals surface area contributed by atoms with Gasteiger partial charge in [-0.05, 0) is 19.1 Å². The molecule has 0 bridgehead atoms. The Labute approximate surface area is 75.6 Å². The van der Waals surface area contributed by atoms with Crippen molar-refractivity contribution in [3.63, 3.8) is 0 Å². The van der Waals surface area contributed by atoms with E-state index in [1.807, 2.05) is 13.0 Å². The number of nitriles is 1. The maximum atomic E-state index is 8.62. The van der Waals surface area contributed by atoms with Crippen molar-refractivity contribution < 1.29 is 4.74 Å². The smallest absolute Gasteiger partial charge is 0.233 e. The van der Waals surface area contributed by atoms with Crippen LogP contribution in [0.5, 0.6) is 5.88 Å². The Kier molecular flexibility index (Phi) is 2.89. The Morgan fingerprint density at radius 2 is 2.42 bits per heavy atom. The van der Waals surface area contributed by atoms with Gasteiger partial charge in [0, 0.05) is 0 Å². The number of halogens is 1. The van der Waals surface area contributed by atoms with E-state index >= 15 is 0 Å². The third-order valence-corrected chi connectivity index (χ3v) is 1.44. The third kappa shape index (κ3) is 1.86. The van der Waals surface area contributed by atoms with Gasteiger partial charge in [0.05, 0.1) is 6.61 Å². The lowest BCUT2D eigenvalue weighted by molar-refractivity contribution is 0.326. The average molecular weight is 183 g/mol. The number of aromatic nitrogens is 1. The van der Waals surface area contributed by atoms with Gasteiger partial charge in [0.1, 0.15) is 16.8 Å². The first-order valence-corrected chi connectivity index (χ1v) is 3.85. The van der Waals surface area contributed by atoms with Gasteiger partial charge >= 0.3 is 0 Å². The van der Waals surface area contributed by atoms with Crippen LogP contribution >= 0.6 is 11.6 Å². The van der Waals surface area contributed by atoms with Crippen LogP contribution in [0.1, 0.15) is 12.5 Å². The highest BCUT2D eigenvalue weighted by molar-refractivity contribution is 6.29. The molecule has 0 amide bonds. The van der Waals surface area contributed by atoms with Crippen molar-refractivity contribution in [1.82, 2.24) is 4.98 Å². The molecule has 0 aliphatic carbocycles. The Hall–Kier alpha value is -1.27. The van der Waals surface area contributed by atoms with Gasteiger partial charge in [0.25, 0.3) is 0 Å². The van der Waals surface area contributed by atoms with Gasteiger partial charge in [-0.25, -0.2) is 4.98 Å². The SMILES string of the molecule is CCOc1nc(Cl)ccc1C#N. The van der Waals surface area contributed by atoms with Crippen LogP contribution < -0.4 is 4.74 Å². The Morgan fingerprint density at radius 3 is 3.00 bits per heavy atom. The highest BCUT2D eigenvalue weighted by Gasteiger charge is 2.04. The minimum Gasteiger partial charge on any atom is -0.477 e. The molecule has 0 saturated carbocycles. The summed E-state index contributed by atoms with van der Waals surface area (Å²) in [7, 11) is 0. The van der Waals surface area contributed by atoms with Gasteiger partial charge in [-0.15, -0.1) is 0 Å². The lowest BCUT2D eigenvalue weighted by atomic mass is 10.3. The fourth-order valence-electron chi connectivity index (χ4n) is 0.750. The summed E-state index contributed by atoms with van der Waals surface area (Å²) in [5.74, 6) is 0.299. The van der Waals surface area contributed by atoms with Gasteiger partial charge < -0.3 is 4.74 Å². The van der Waals surface area contributed by atoms with E-state index in [1.165, 1.54) is 0 Å². The number of pyridine rings is 1. The van der Waals surface area contributed by atoms with E-state index < -0.39 is 0 Å². The van der Waals surface area contributed by atoms with E-state index in [0.29, 0.717) is 23.2 Å². The first-order valence-electron chi connectivity index (χ1n) is 3.47. The van der Waals surface area contributed by atoms with E-state index in [9.17, 15) is 0 Å². The maximum absolute atomic E-state index is 8.62. The van der Waals surface area contributed by atoms with Crippen molar-refractivity contribution in [1.29, 1.82) is 5.26 Å². The zero-order valence-corrected chi connectivity index (χ0v) is 7.30. The maximum Gasteiger partial charge on any atom is 0.233 e. The molecule has 4 heteroatoms. The molecule has 0 radical (unpaired) electrons. The largest absolute Gasteiger partial charge is 0.477 e. The van der Waals surface area contributed by atoms with E-state index in [4.69, 9.17) is 21.6 Å². The molecule has 0 unspecified atom stereocenters. The van der Waals surface area contributed by atoms with Crippen molar-refractivity contribution in [2.24, 2.45) is 0 Å². The van der Waals surface area contributed by atoms with Crippen LogP contribution in [0.15, 0.2) is 12.1 Å². The van der Waals surface area contributed by atoms with Gasteiger partial charge in [0.15, 0.2) is 0 Å². The molecule has 0 saturated heterocycles. The molecule has 3 nitrogen and oxygen atoms in total. The number of nitrogens with zero attached hydrogens (tertiary/aromatic N) is 2. The van der Waals surface area contributed by atoms with Gasteiger partial charge in [-0.2, -0.15) is 5.26 Å².